The third-order valence-corrected chi connectivity index (χ3v) is 7.67. The maximum Gasteiger partial charge on any atom is 0.347 e. The molecule has 33 heavy (non-hydrogen) atoms. The van der Waals surface area contributed by atoms with Gasteiger partial charge in [-0.05, 0) is 48.3 Å². The molecule has 0 amide bonds. The zero-order chi connectivity index (χ0) is 23.8. The highest BCUT2D eigenvalue weighted by Crippen LogP contribution is 2.59. The number of fused-ring (bicyclic) bond motifs is 4. The van der Waals surface area contributed by atoms with E-state index in [0.717, 1.165) is 10.1 Å². The Hall–Kier alpha value is -3.62. The largest absolute Gasteiger partial charge is 0.504 e. The Morgan fingerprint density at radius 2 is 1.88 bits per heavy atom. The van der Waals surface area contributed by atoms with Crippen LogP contribution >= 0.6 is 0 Å². The van der Waals surface area contributed by atoms with Gasteiger partial charge in [-0.2, -0.15) is 0 Å². The van der Waals surface area contributed by atoms with E-state index in [1.54, 1.807) is 26.0 Å². The van der Waals surface area contributed by atoms with E-state index in [9.17, 15) is 24.3 Å². The Morgan fingerprint density at radius 1 is 1.15 bits per heavy atom. The van der Waals surface area contributed by atoms with Gasteiger partial charge >= 0.3 is 11.4 Å². The molecule has 2 aromatic rings. The van der Waals surface area contributed by atoms with Crippen LogP contribution in [0.5, 0.6) is 11.5 Å². The fourth-order valence-corrected chi connectivity index (χ4v) is 5.91. The number of aromatic hydroxyl groups is 1. The summed E-state index contributed by atoms with van der Waals surface area (Å²) in [6, 6.07) is 4.34. The van der Waals surface area contributed by atoms with Crippen molar-refractivity contribution in [3.8, 4) is 11.5 Å². The maximum atomic E-state index is 13.5. The number of ketones is 2. The third-order valence-electron chi connectivity index (χ3n) is 7.67. The van der Waals surface area contributed by atoms with E-state index in [2.05, 4.69) is 0 Å². The number of rotatable bonds is 2. The topological polar surface area (TPSA) is 113 Å². The normalized spacial score (nSPS) is 28.4. The number of allylic oxidation sites excluding steroid dienone is 4. The molecule has 2 heterocycles. The van der Waals surface area contributed by atoms with Crippen molar-refractivity contribution in [1.82, 2.24) is 13.9 Å². The molecule has 1 aromatic carbocycles. The van der Waals surface area contributed by atoms with Crippen molar-refractivity contribution in [2.24, 2.45) is 18.4 Å². The summed E-state index contributed by atoms with van der Waals surface area (Å²) >= 11 is 0. The summed E-state index contributed by atoms with van der Waals surface area (Å²) in [7, 11) is 2.87. The molecule has 0 spiro atoms. The first-order chi connectivity index (χ1) is 15.6. The lowest BCUT2D eigenvalue weighted by molar-refractivity contribution is -0.139. The van der Waals surface area contributed by atoms with Crippen LogP contribution in [0.4, 0.5) is 0 Å². The van der Waals surface area contributed by atoms with Gasteiger partial charge in [0, 0.05) is 18.9 Å². The molecule has 0 unspecified atom stereocenters. The predicted molar refractivity (Wildman–Crippen MR) is 118 cm³/mol. The van der Waals surface area contributed by atoms with Gasteiger partial charge in [-0.1, -0.05) is 19.1 Å². The van der Waals surface area contributed by atoms with E-state index in [1.807, 2.05) is 6.08 Å². The highest BCUT2D eigenvalue weighted by molar-refractivity contribution is 6.13. The number of phenolic OH excluding ortho intramolecular Hbond substituents is 1. The minimum absolute atomic E-state index is 0.0390. The van der Waals surface area contributed by atoms with Crippen molar-refractivity contribution in [2.45, 2.75) is 38.8 Å². The average molecular weight is 451 g/mol. The Kier molecular flexibility index (Phi) is 4.46. The zero-order valence-corrected chi connectivity index (χ0v) is 18.9. The number of methoxy groups -OCH3 is 1. The van der Waals surface area contributed by atoms with Gasteiger partial charge in [-0.15, -0.1) is 0 Å². The molecule has 9 heteroatoms. The second-order valence-electron chi connectivity index (χ2n) is 9.26. The lowest BCUT2D eigenvalue weighted by Crippen LogP contribution is -2.54. The Bertz CT molecular complexity index is 1400. The van der Waals surface area contributed by atoms with Crippen molar-refractivity contribution in [3.05, 3.63) is 68.0 Å². The highest BCUT2D eigenvalue weighted by atomic mass is 16.5. The summed E-state index contributed by atoms with van der Waals surface area (Å²) in [5, 5.41) is 10.1. The first kappa shape index (κ1) is 21.2. The Morgan fingerprint density at radius 3 is 2.58 bits per heavy atom. The standard InChI is InChI=1S/C24H25N3O6/c1-12-9-19(29)24(2)15(21(12)30)11-16-14(7-8-26-22(31)25(3)23(32)27(16)26)20(24)13-5-6-17(28)18(10-13)33-4/h5-7,9-10,15-16,20,28H,8,11H2,1-4H3/t15-,16+,20-,24-/m0/s1. The fraction of sp³-hybridized carbons (Fsp3) is 0.417. The van der Waals surface area contributed by atoms with Crippen LogP contribution < -0.4 is 16.1 Å². The summed E-state index contributed by atoms with van der Waals surface area (Å²) in [4.78, 5) is 52.4. The molecule has 4 atom stereocenters. The van der Waals surface area contributed by atoms with Crippen molar-refractivity contribution in [1.29, 1.82) is 0 Å². The molecular weight excluding hydrogens is 426 g/mol. The summed E-state index contributed by atoms with van der Waals surface area (Å²) in [5.41, 5.74) is -0.0607. The lowest BCUT2D eigenvalue weighted by atomic mass is 9.51. The summed E-state index contributed by atoms with van der Waals surface area (Å²) in [6.45, 7) is 3.62. The maximum absolute atomic E-state index is 13.5. The Balaban J connectivity index is 1.79. The SMILES string of the molecule is COc1cc([C@H]2C3=CCn4c(=O)n(C)c(=O)n4[C@@H]3C[C@H]3C(=O)C(C)=CC(=O)[C@@]23C)ccc1O. The summed E-state index contributed by atoms with van der Waals surface area (Å²) < 4.78 is 9.17. The van der Waals surface area contributed by atoms with Gasteiger partial charge in [0.25, 0.3) is 0 Å². The van der Waals surface area contributed by atoms with E-state index < -0.39 is 34.7 Å². The zero-order valence-electron chi connectivity index (χ0n) is 18.9. The molecule has 1 aromatic heterocycles. The molecule has 3 aliphatic rings. The van der Waals surface area contributed by atoms with Crippen molar-refractivity contribution in [2.75, 3.05) is 7.11 Å². The number of aromatic nitrogens is 3. The molecule has 9 nitrogen and oxygen atoms in total. The molecule has 1 aliphatic heterocycles. The number of ether oxygens (including phenoxy) is 1. The molecule has 0 radical (unpaired) electrons. The number of Topliss-reactive ketones (excluding diaryl/α,β-unsaturated/α-hetero) is 1. The van der Waals surface area contributed by atoms with Crippen molar-refractivity contribution >= 4 is 11.6 Å². The van der Waals surface area contributed by atoms with Gasteiger partial charge in [-0.25, -0.2) is 23.5 Å². The smallest absolute Gasteiger partial charge is 0.347 e. The van der Waals surface area contributed by atoms with E-state index in [1.165, 1.54) is 35.7 Å². The second-order valence-corrected chi connectivity index (χ2v) is 9.26. The van der Waals surface area contributed by atoms with Crippen LogP contribution in [-0.4, -0.2) is 37.7 Å². The van der Waals surface area contributed by atoms with E-state index >= 15 is 0 Å². The number of hydrogen-bond donors (Lipinski definition) is 1. The number of benzene rings is 1. The molecule has 1 fully saturated rings. The number of phenols is 1. The minimum atomic E-state index is -1.08. The molecule has 1 saturated carbocycles. The number of nitrogens with zero attached hydrogens (tertiary/aromatic N) is 3. The Labute approximate surface area is 189 Å². The lowest BCUT2D eigenvalue weighted by Gasteiger charge is -2.52. The molecule has 172 valence electrons. The first-order valence-corrected chi connectivity index (χ1v) is 10.8. The minimum Gasteiger partial charge on any atom is -0.504 e. The van der Waals surface area contributed by atoms with Gasteiger partial charge < -0.3 is 9.84 Å². The van der Waals surface area contributed by atoms with Crippen LogP contribution in [0.2, 0.25) is 0 Å². The number of hydrogen-bond acceptors (Lipinski definition) is 6. The molecular formula is C24H25N3O6. The van der Waals surface area contributed by atoms with Crippen LogP contribution in [-0.2, 0) is 23.2 Å². The van der Waals surface area contributed by atoms with Crippen LogP contribution in [0.25, 0.3) is 0 Å². The van der Waals surface area contributed by atoms with Crippen LogP contribution in [0, 0.1) is 11.3 Å². The molecule has 1 N–H and O–H groups in total. The molecule has 0 bridgehead atoms. The monoisotopic (exact) mass is 451 g/mol. The van der Waals surface area contributed by atoms with E-state index in [0.29, 0.717) is 11.1 Å². The number of carbonyl (C=O) groups excluding carboxylic acids is 2. The van der Waals surface area contributed by atoms with Crippen LogP contribution in [0.3, 0.4) is 0 Å². The fourth-order valence-electron chi connectivity index (χ4n) is 5.91. The average Bonchev–Trinajstić information content (AvgIpc) is 3.01. The summed E-state index contributed by atoms with van der Waals surface area (Å²) in [6.07, 6.45) is 3.55. The quantitative estimate of drug-likeness (QED) is 0.692. The van der Waals surface area contributed by atoms with Crippen LogP contribution in [0.1, 0.15) is 37.8 Å². The van der Waals surface area contributed by atoms with Gasteiger partial charge in [-0.3, -0.25) is 9.59 Å². The van der Waals surface area contributed by atoms with Crippen LogP contribution in [0.15, 0.2) is 51.1 Å². The molecule has 5 rings (SSSR count). The first-order valence-electron chi connectivity index (χ1n) is 10.8. The molecule has 2 aliphatic carbocycles. The van der Waals surface area contributed by atoms with Gasteiger partial charge in [0.15, 0.2) is 23.1 Å². The van der Waals surface area contributed by atoms with Gasteiger partial charge in [0.2, 0.25) is 0 Å². The van der Waals surface area contributed by atoms with Crippen molar-refractivity contribution < 1.29 is 19.4 Å². The van der Waals surface area contributed by atoms with Crippen molar-refractivity contribution in [3.63, 3.8) is 0 Å². The second kappa shape index (κ2) is 6.94. The van der Waals surface area contributed by atoms with E-state index in [-0.39, 0.29) is 36.0 Å². The van der Waals surface area contributed by atoms with Gasteiger partial charge in [0.05, 0.1) is 25.1 Å². The molecule has 0 saturated heterocycles. The summed E-state index contributed by atoms with van der Waals surface area (Å²) in [5.74, 6) is -1.29. The predicted octanol–water partition coefficient (Wildman–Crippen LogP) is 1.45. The van der Waals surface area contributed by atoms with E-state index in [4.69, 9.17) is 4.74 Å². The highest BCUT2D eigenvalue weighted by Gasteiger charge is 2.59. The van der Waals surface area contributed by atoms with Gasteiger partial charge in [0.1, 0.15) is 0 Å². The number of carbonyl (C=O) groups is 2. The third kappa shape index (κ3) is 2.65.